The molecule has 3 heteroatoms. The van der Waals surface area contributed by atoms with Crippen LogP contribution in [0.5, 0.6) is 0 Å². The van der Waals surface area contributed by atoms with Crippen LogP contribution in [0.2, 0.25) is 0 Å². The number of halogens is 3. The van der Waals surface area contributed by atoms with E-state index in [0.29, 0.717) is 0 Å². The molecule has 0 saturated carbocycles. The summed E-state index contributed by atoms with van der Waals surface area (Å²) >= 11 is 0. The van der Waals surface area contributed by atoms with E-state index in [1.165, 1.54) is 5.92 Å². The molecule has 0 saturated heterocycles. The van der Waals surface area contributed by atoms with Gasteiger partial charge in [-0.15, -0.1) is 0 Å². The van der Waals surface area contributed by atoms with Crippen LogP contribution in [0, 0.1) is 17.8 Å². The van der Waals surface area contributed by atoms with Gasteiger partial charge in [0.1, 0.15) is 5.41 Å². The van der Waals surface area contributed by atoms with Gasteiger partial charge >= 0.3 is 6.18 Å². The van der Waals surface area contributed by atoms with Gasteiger partial charge in [-0.25, -0.2) is 0 Å². The number of hydrogen-bond donors (Lipinski definition) is 0. The summed E-state index contributed by atoms with van der Waals surface area (Å²) in [6.07, 6.45) is 1.94. The van der Waals surface area contributed by atoms with Crippen molar-refractivity contribution in [1.82, 2.24) is 0 Å². The first-order valence-electron chi connectivity index (χ1n) is 2.32. The standard InChI is InChI=1S/C6H6F3/c1-4-5(2,3)6(7,8)9/h2-3H3. The predicted octanol–water partition coefficient (Wildman–Crippen LogP) is 2.16. The molecule has 0 atom stereocenters. The Bertz CT molecular complexity index is 135. The molecule has 0 unspecified atom stereocenters. The van der Waals surface area contributed by atoms with Crippen LogP contribution < -0.4 is 0 Å². The molecule has 0 fully saturated rings. The molecule has 0 nitrogen and oxygen atoms in total. The lowest BCUT2D eigenvalue weighted by atomic mass is 9.94. The van der Waals surface area contributed by atoms with Gasteiger partial charge in [0.05, 0.1) is 0 Å². The Morgan fingerprint density at radius 2 is 1.56 bits per heavy atom. The average molecular weight is 135 g/mol. The Hall–Kier alpha value is -0.650. The Kier molecular flexibility index (Phi) is 1.80. The van der Waals surface area contributed by atoms with Crippen LogP contribution in [0.25, 0.3) is 0 Å². The maximum absolute atomic E-state index is 11.7. The first kappa shape index (κ1) is 8.35. The molecular formula is C6H6F3. The van der Waals surface area contributed by atoms with Gasteiger partial charge in [-0.05, 0) is 20.3 Å². The second-order valence-corrected chi connectivity index (χ2v) is 2.25. The van der Waals surface area contributed by atoms with Gasteiger partial charge < -0.3 is 0 Å². The predicted molar refractivity (Wildman–Crippen MR) is 27.0 cm³/mol. The zero-order chi connectivity index (χ0) is 7.71. The summed E-state index contributed by atoms with van der Waals surface area (Å²) in [5.74, 6) is 1.41. The van der Waals surface area contributed by atoms with E-state index in [0.717, 1.165) is 13.8 Å². The highest BCUT2D eigenvalue weighted by Gasteiger charge is 2.45. The third-order valence-corrected chi connectivity index (χ3v) is 1.02. The molecule has 0 aliphatic rings. The molecule has 1 radical (unpaired) electrons. The van der Waals surface area contributed by atoms with Crippen LogP contribution in [0.1, 0.15) is 13.8 Å². The molecule has 0 rings (SSSR count). The largest absolute Gasteiger partial charge is 0.404 e. The van der Waals surface area contributed by atoms with Crippen molar-refractivity contribution in [1.29, 1.82) is 0 Å². The summed E-state index contributed by atoms with van der Waals surface area (Å²) in [7, 11) is 0. The van der Waals surface area contributed by atoms with E-state index in [-0.39, 0.29) is 0 Å². The first-order chi connectivity index (χ1) is 3.81. The SMILES string of the molecule is [C]#CC(C)(C)C(F)(F)F. The third kappa shape index (κ3) is 1.63. The molecule has 0 spiro atoms. The van der Waals surface area contributed by atoms with Crippen molar-refractivity contribution in [2.24, 2.45) is 5.41 Å². The molecule has 0 aromatic heterocycles. The molecule has 0 amide bonds. The van der Waals surface area contributed by atoms with E-state index in [1.54, 1.807) is 0 Å². The summed E-state index contributed by atoms with van der Waals surface area (Å²) in [5, 5.41) is 0. The number of alkyl halides is 3. The zero-order valence-corrected chi connectivity index (χ0v) is 5.13. The lowest BCUT2D eigenvalue weighted by Crippen LogP contribution is -2.29. The van der Waals surface area contributed by atoms with E-state index in [1.807, 2.05) is 0 Å². The summed E-state index contributed by atoms with van der Waals surface area (Å²) in [6, 6.07) is 0. The summed E-state index contributed by atoms with van der Waals surface area (Å²) < 4.78 is 35.0. The lowest BCUT2D eigenvalue weighted by molar-refractivity contribution is -0.190. The Morgan fingerprint density at radius 3 is 1.56 bits per heavy atom. The second-order valence-electron chi connectivity index (χ2n) is 2.25. The van der Waals surface area contributed by atoms with Gasteiger partial charge in [0.15, 0.2) is 0 Å². The van der Waals surface area contributed by atoms with Crippen molar-refractivity contribution in [3.63, 3.8) is 0 Å². The van der Waals surface area contributed by atoms with E-state index >= 15 is 0 Å². The van der Waals surface area contributed by atoms with Crippen molar-refractivity contribution >= 4 is 0 Å². The maximum atomic E-state index is 11.7. The smallest absolute Gasteiger partial charge is 0.169 e. The van der Waals surface area contributed by atoms with E-state index in [2.05, 4.69) is 0 Å². The van der Waals surface area contributed by atoms with Crippen LogP contribution in [0.4, 0.5) is 13.2 Å². The number of rotatable bonds is 0. The van der Waals surface area contributed by atoms with Gasteiger partial charge in [0, 0.05) is 0 Å². The minimum absolute atomic E-state index is 0.903. The quantitative estimate of drug-likeness (QED) is 0.446. The second kappa shape index (κ2) is 1.94. The van der Waals surface area contributed by atoms with Crippen LogP contribution in [-0.2, 0) is 0 Å². The fourth-order valence-corrected chi connectivity index (χ4v) is 0.0709. The molecular weight excluding hydrogens is 129 g/mol. The monoisotopic (exact) mass is 135 g/mol. The first-order valence-corrected chi connectivity index (χ1v) is 2.32. The average Bonchev–Trinajstić information content (AvgIpc) is 1.64. The van der Waals surface area contributed by atoms with E-state index < -0.39 is 11.6 Å². The molecule has 0 aromatic carbocycles. The van der Waals surface area contributed by atoms with E-state index in [4.69, 9.17) is 6.42 Å². The number of hydrogen-bond acceptors (Lipinski definition) is 0. The molecule has 0 aliphatic heterocycles. The van der Waals surface area contributed by atoms with Gasteiger partial charge in [0.2, 0.25) is 0 Å². The fraction of sp³-hybridized carbons (Fsp3) is 0.667. The highest BCUT2D eigenvalue weighted by atomic mass is 19.4. The van der Waals surface area contributed by atoms with Gasteiger partial charge in [-0.2, -0.15) is 13.2 Å². The molecule has 51 valence electrons. The summed E-state index contributed by atoms with van der Waals surface area (Å²) in [4.78, 5) is 0. The van der Waals surface area contributed by atoms with E-state index in [9.17, 15) is 13.2 Å². The van der Waals surface area contributed by atoms with Crippen LogP contribution in [-0.4, -0.2) is 6.18 Å². The normalized spacial score (nSPS) is 12.9. The molecule has 9 heavy (non-hydrogen) atoms. The topological polar surface area (TPSA) is 0 Å². The maximum Gasteiger partial charge on any atom is 0.404 e. The Labute approximate surface area is 52.1 Å². The summed E-state index contributed by atoms with van der Waals surface area (Å²) in [6.45, 7) is 1.81. The van der Waals surface area contributed by atoms with Crippen LogP contribution in [0.15, 0.2) is 0 Å². The van der Waals surface area contributed by atoms with Crippen LogP contribution in [0.3, 0.4) is 0 Å². The highest BCUT2D eigenvalue weighted by molar-refractivity contribution is 5.00. The zero-order valence-electron chi connectivity index (χ0n) is 5.13. The van der Waals surface area contributed by atoms with Crippen molar-refractivity contribution < 1.29 is 13.2 Å². The van der Waals surface area contributed by atoms with Crippen molar-refractivity contribution in [3.05, 3.63) is 6.42 Å². The van der Waals surface area contributed by atoms with Crippen LogP contribution >= 0.6 is 0 Å². The van der Waals surface area contributed by atoms with Crippen molar-refractivity contribution in [2.45, 2.75) is 20.0 Å². The van der Waals surface area contributed by atoms with Crippen molar-refractivity contribution in [2.75, 3.05) is 0 Å². The van der Waals surface area contributed by atoms with Gasteiger partial charge in [-0.3, -0.25) is 0 Å². The lowest BCUT2D eigenvalue weighted by Gasteiger charge is -2.20. The van der Waals surface area contributed by atoms with Gasteiger partial charge in [-0.1, -0.05) is 5.92 Å². The third-order valence-electron chi connectivity index (χ3n) is 1.02. The minimum Gasteiger partial charge on any atom is -0.169 e. The highest BCUT2D eigenvalue weighted by Crippen LogP contribution is 2.36. The molecule has 0 aliphatic carbocycles. The van der Waals surface area contributed by atoms with Crippen molar-refractivity contribution in [3.8, 4) is 5.92 Å². The van der Waals surface area contributed by atoms with Gasteiger partial charge in [0.25, 0.3) is 0 Å². The molecule has 0 N–H and O–H groups in total. The minimum atomic E-state index is -4.35. The Morgan fingerprint density at radius 1 is 1.22 bits per heavy atom. The molecule has 0 bridgehead atoms. The summed E-state index contributed by atoms with van der Waals surface area (Å²) in [5.41, 5.74) is -2.10. The Balaban J connectivity index is 4.39. The fourth-order valence-electron chi connectivity index (χ4n) is 0.0709. The molecule has 0 heterocycles. The molecule has 0 aromatic rings.